The number of alkyl carbamates (subject to hydrolysis) is 2. The number of esters is 3. The number of phosphoric ester groups is 1. The van der Waals surface area contributed by atoms with E-state index in [1.165, 1.54) is 96.3 Å². The lowest BCUT2D eigenvalue weighted by Gasteiger charge is -2.47. The Labute approximate surface area is 673 Å². The first-order valence-electron chi connectivity index (χ1n) is 41.4. The number of amides is 2. The topological polar surface area (TPSA) is 267 Å². The van der Waals surface area contributed by atoms with Crippen molar-refractivity contribution in [3.8, 4) is 0 Å². The molecule has 2 rings (SSSR count). The third kappa shape index (κ3) is 51.2. The number of rotatable bonds is 67. The number of nitrogens with one attached hydrogen (secondary N) is 2. The van der Waals surface area contributed by atoms with Crippen LogP contribution in [0.2, 0.25) is 0 Å². The quantitative estimate of drug-likeness (QED) is 0.0168. The van der Waals surface area contributed by atoms with Gasteiger partial charge in [-0.25, -0.2) is 14.2 Å². The summed E-state index contributed by atoms with van der Waals surface area (Å²) in [6, 6.07) is -3.16. The molecule has 2 aliphatic heterocycles. The van der Waals surface area contributed by atoms with Crippen molar-refractivity contribution in [3.63, 3.8) is 0 Å². The van der Waals surface area contributed by atoms with Crippen molar-refractivity contribution in [3.05, 3.63) is 0 Å². The van der Waals surface area contributed by atoms with Crippen LogP contribution < -0.4 is 10.6 Å². The first-order valence-corrected chi connectivity index (χ1v) is 45.2. The molecule has 2 amide bonds. The van der Waals surface area contributed by atoms with Gasteiger partial charge in [0, 0.05) is 26.1 Å². The van der Waals surface area contributed by atoms with Crippen LogP contribution in [0.4, 0.5) is 9.59 Å². The molecule has 2 heterocycles. The molecule has 11 atom stereocenters. The molecule has 0 radical (unpaired) electrons. The van der Waals surface area contributed by atoms with Crippen molar-refractivity contribution in [2.75, 3.05) is 52.9 Å². The zero-order chi connectivity index (χ0) is 78.8. The molecule has 630 valence electrons. The first-order chi connectivity index (χ1) is 51.5. The zero-order valence-electron chi connectivity index (χ0n) is 66.2. The maximum Gasteiger partial charge on any atom is 0.475 e. The van der Waals surface area contributed by atoms with Crippen molar-refractivity contribution in [1.29, 1.82) is 0 Å². The summed E-state index contributed by atoms with van der Waals surface area (Å²) in [7, 11) is -4.67. The lowest BCUT2D eigenvalue weighted by Crippen LogP contribution is -2.68. The molecule has 2 saturated heterocycles. The maximum absolute atomic E-state index is 15.2. The van der Waals surface area contributed by atoms with Crippen LogP contribution in [0.5, 0.6) is 0 Å². The molecule has 0 aromatic carbocycles. The van der Waals surface area contributed by atoms with Crippen LogP contribution in [0.1, 0.15) is 337 Å². The molecule has 0 saturated carbocycles. The van der Waals surface area contributed by atoms with Crippen molar-refractivity contribution < 1.29 is 94.6 Å². The van der Waals surface area contributed by atoms with Gasteiger partial charge in [-0.3, -0.25) is 28.0 Å². The summed E-state index contributed by atoms with van der Waals surface area (Å²) in [5, 5.41) is 17.9. The molecule has 2 fully saturated rings. The molecule has 3 N–H and O–H groups in total. The predicted molar refractivity (Wildman–Crippen MR) is 425 cm³/mol. The summed E-state index contributed by atoms with van der Waals surface area (Å²) in [6.45, 7) is 12.1. The number of carbonyl (C=O) groups excluding carboxylic acids is 5. The van der Waals surface area contributed by atoms with Crippen LogP contribution in [0.15, 0.2) is 0 Å². The van der Waals surface area contributed by atoms with Gasteiger partial charge in [0.2, 0.25) is 7.59 Å². The van der Waals surface area contributed by atoms with E-state index in [2.05, 4.69) is 31.4 Å². The van der Waals surface area contributed by atoms with Crippen LogP contribution in [0.25, 0.3) is 0 Å². The fourth-order valence-corrected chi connectivity index (χ4v) is 14.3. The fraction of sp³-hybridized carbons (Fsp3) is 0.936. The fourth-order valence-electron chi connectivity index (χ4n) is 12.6. The van der Waals surface area contributed by atoms with Gasteiger partial charge in [0.15, 0.2) is 24.8 Å². The van der Waals surface area contributed by atoms with Crippen molar-refractivity contribution in [1.82, 2.24) is 10.6 Å². The molecule has 4 unspecified atom stereocenters. The molecule has 0 aromatic rings. The summed E-state index contributed by atoms with van der Waals surface area (Å²) in [6.07, 6.45) is 24.0. The molecule has 29 heteroatoms. The largest absolute Gasteiger partial charge is 0.475 e. The minimum atomic E-state index is -4.67. The lowest BCUT2D eigenvalue weighted by atomic mass is 9.95. The van der Waals surface area contributed by atoms with Gasteiger partial charge in [-0.2, -0.15) is 0 Å². The van der Waals surface area contributed by atoms with Gasteiger partial charge >= 0.3 is 37.9 Å². The standard InChI is InChI=1S/C78H141Cl6N2O20P/c1-8-15-22-25-28-31-33-34-36-39-42-45-48-51-65(88)104-71-67(85-75(91)97-59-77(79,80)81)73(95-53-19-12-5)102-62(69(71)90)58-96-74-68(86-76(92)98-60-78(82,83)84)72(70(63(103-74)57-94-52-18-11-4)106-107(93,99-54-20-13-6)100-55-21-14-7)105-66(89)56-61(49-46-43-40-37-30-27-24-17-10-3)101-64(87)50-47-44-41-38-35-32-29-26-23-16-9-2/h61-63,67-74,90H,8-60H2,1-7H3,(H,85,91)(H,86,92)/t61-,62?,63?,67+,68?,69-,70-,71?,72-,73+,74-/m1/s1. The highest BCUT2D eigenvalue weighted by Crippen LogP contribution is 2.53. The summed E-state index contributed by atoms with van der Waals surface area (Å²) in [5.41, 5.74) is 0. The number of hydrogen-bond acceptors (Lipinski definition) is 20. The summed E-state index contributed by atoms with van der Waals surface area (Å²) in [4.78, 5) is 71.0. The van der Waals surface area contributed by atoms with Crippen LogP contribution in [-0.2, 0) is 79.9 Å². The van der Waals surface area contributed by atoms with Crippen LogP contribution in [-0.4, -0.2) is 163 Å². The normalized spacial score (nSPS) is 20.9. The van der Waals surface area contributed by atoms with E-state index in [4.69, 9.17) is 131 Å². The predicted octanol–water partition coefficient (Wildman–Crippen LogP) is 21.7. The molecule has 0 aromatic heterocycles. The summed E-state index contributed by atoms with van der Waals surface area (Å²) in [5.74, 6) is -2.06. The molecule has 0 spiro atoms. The first kappa shape index (κ1) is 102. The van der Waals surface area contributed by atoms with Crippen molar-refractivity contribution in [2.45, 2.75) is 412 Å². The van der Waals surface area contributed by atoms with E-state index >= 15 is 9.36 Å². The highest BCUT2D eigenvalue weighted by atomic mass is 35.6. The Morgan fingerprint density at radius 1 is 0.421 bits per heavy atom. The molecule has 0 aliphatic carbocycles. The van der Waals surface area contributed by atoms with E-state index < -0.39 is 139 Å². The van der Waals surface area contributed by atoms with E-state index in [0.717, 1.165) is 103 Å². The average Bonchev–Trinajstić information content (AvgIpc) is 0.777. The van der Waals surface area contributed by atoms with E-state index in [9.17, 15) is 24.3 Å². The Morgan fingerprint density at radius 2 is 0.794 bits per heavy atom. The number of aliphatic hydroxyl groups is 1. The minimum Gasteiger partial charge on any atom is -0.462 e. The molecule has 22 nitrogen and oxygen atoms in total. The molecular weight excluding hydrogens is 1530 g/mol. The van der Waals surface area contributed by atoms with Gasteiger partial charge in [0.1, 0.15) is 55.8 Å². The Bertz CT molecular complexity index is 2290. The Hall–Kier alpha value is -1.44. The minimum absolute atomic E-state index is 0.0282. The van der Waals surface area contributed by atoms with Gasteiger partial charge in [0.05, 0.1) is 32.8 Å². The highest BCUT2D eigenvalue weighted by Gasteiger charge is 2.55. The SMILES string of the molecule is CCCCCCCCCCCCCCCC(=O)OC1[C@H](O)C(CO[C@@H]2OC(COCCCC)[C@@H](OP(=O)(OCCCC)OCCCC)[C@H](OC(=O)C[C@@H](CCCCCCCCCCC)OC(=O)CCCCCCCCCCCCC)C2NC(=O)OCC(Cl)(Cl)Cl)O[C@H](OCCCC)[C@H]1NC(=O)OCC(Cl)(Cl)Cl. The maximum atomic E-state index is 15.2. The van der Waals surface area contributed by atoms with Crippen molar-refractivity contribution in [2.24, 2.45) is 0 Å². The van der Waals surface area contributed by atoms with Gasteiger partial charge in [0.25, 0.3) is 0 Å². The Kier molecular flexibility index (Phi) is 60.6. The smallest absolute Gasteiger partial charge is 0.462 e. The summed E-state index contributed by atoms with van der Waals surface area (Å²) < 4.78 is 91.7. The Balaban J connectivity index is 2.82. The highest BCUT2D eigenvalue weighted by molar-refractivity contribution is 7.48. The van der Waals surface area contributed by atoms with Gasteiger partial charge in [-0.15, -0.1) is 0 Å². The van der Waals surface area contributed by atoms with Crippen LogP contribution in [0.3, 0.4) is 0 Å². The zero-order valence-corrected chi connectivity index (χ0v) is 71.7. The average molecular weight is 1670 g/mol. The van der Waals surface area contributed by atoms with E-state index in [1.54, 1.807) is 0 Å². The van der Waals surface area contributed by atoms with Crippen LogP contribution in [0, 0.1) is 0 Å². The third-order valence-electron chi connectivity index (χ3n) is 18.8. The van der Waals surface area contributed by atoms with Gasteiger partial charge in [-0.05, 0) is 51.4 Å². The van der Waals surface area contributed by atoms with Crippen LogP contribution >= 0.6 is 77.4 Å². The summed E-state index contributed by atoms with van der Waals surface area (Å²) >= 11 is 36.3. The number of halogens is 6. The number of aliphatic hydroxyl groups excluding tert-OH is 1. The number of carbonyl (C=O) groups is 5. The molecular formula is C78H141Cl6N2O20P. The monoisotopic (exact) mass is 1670 g/mol. The van der Waals surface area contributed by atoms with Crippen molar-refractivity contribution >= 4 is 108 Å². The number of unbranched alkanes of at least 4 members (excludes halogenated alkanes) is 34. The van der Waals surface area contributed by atoms with E-state index in [1.807, 2.05) is 27.7 Å². The second-order valence-electron chi connectivity index (χ2n) is 28.8. The molecule has 2 aliphatic rings. The van der Waals surface area contributed by atoms with E-state index in [0.29, 0.717) is 70.6 Å². The second kappa shape index (κ2) is 63.8. The van der Waals surface area contributed by atoms with Gasteiger partial charge in [-0.1, -0.05) is 336 Å². The Morgan fingerprint density at radius 3 is 1.24 bits per heavy atom. The lowest BCUT2D eigenvalue weighted by molar-refractivity contribution is -0.305. The second-order valence-corrected chi connectivity index (χ2v) is 35.5. The number of ether oxygens (including phenoxy) is 10. The third-order valence-corrected chi connectivity index (χ3v) is 21.0. The number of alkyl halides is 6. The van der Waals surface area contributed by atoms with Gasteiger partial charge < -0.3 is 63.1 Å². The van der Waals surface area contributed by atoms with E-state index in [-0.39, 0.29) is 45.9 Å². The number of phosphoric acid groups is 1. The number of hydrogen-bond donors (Lipinski definition) is 3. The molecule has 107 heavy (non-hydrogen) atoms. The molecule has 0 bridgehead atoms.